The van der Waals surface area contributed by atoms with Gasteiger partial charge in [-0.05, 0) is 43.5 Å². The van der Waals surface area contributed by atoms with Gasteiger partial charge in [0.2, 0.25) is 0 Å². The molecule has 2 rings (SSSR count). The molecule has 1 aromatic rings. The van der Waals surface area contributed by atoms with Crippen LogP contribution in [0.5, 0.6) is 0 Å². The zero-order chi connectivity index (χ0) is 14.0. The van der Waals surface area contributed by atoms with Crippen LogP contribution in [0.15, 0.2) is 18.2 Å². The highest BCUT2D eigenvalue weighted by molar-refractivity contribution is 5.77. The first kappa shape index (κ1) is 13.9. The fraction of sp³-hybridized carbons (Fsp3) is 0.500. The molecule has 0 atom stereocenters. The molecule has 19 heavy (non-hydrogen) atoms. The molecule has 0 radical (unpaired) electrons. The molecule has 0 spiro atoms. The summed E-state index contributed by atoms with van der Waals surface area (Å²) < 4.78 is 37.8. The van der Waals surface area contributed by atoms with Gasteiger partial charge >= 0.3 is 6.18 Å². The van der Waals surface area contributed by atoms with Gasteiger partial charge in [-0.15, -0.1) is 0 Å². The minimum absolute atomic E-state index is 0.119. The van der Waals surface area contributed by atoms with Gasteiger partial charge in [-0.25, -0.2) is 0 Å². The summed E-state index contributed by atoms with van der Waals surface area (Å²) in [6, 6.07) is 5.40. The molecule has 1 saturated heterocycles. The molecule has 0 amide bonds. The van der Waals surface area contributed by atoms with E-state index in [0.717, 1.165) is 17.5 Å². The Morgan fingerprint density at radius 3 is 2.37 bits per heavy atom. The maximum atomic E-state index is 12.6. The first-order chi connectivity index (χ1) is 8.90. The SMILES string of the molecule is Cc1cc(C=O)cc(N2CCC(C(F)(F)F)CC2)c1. The van der Waals surface area contributed by atoms with Crippen LogP contribution in [0.3, 0.4) is 0 Å². The molecule has 2 nitrogen and oxygen atoms in total. The number of hydrogen-bond donors (Lipinski definition) is 0. The second-order valence-corrected chi connectivity index (χ2v) is 5.02. The summed E-state index contributed by atoms with van der Waals surface area (Å²) in [6.07, 6.45) is -3.09. The minimum Gasteiger partial charge on any atom is -0.371 e. The first-order valence-electron chi connectivity index (χ1n) is 6.28. The van der Waals surface area contributed by atoms with Crippen molar-refractivity contribution in [2.45, 2.75) is 25.9 Å². The smallest absolute Gasteiger partial charge is 0.371 e. The second-order valence-electron chi connectivity index (χ2n) is 5.02. The van der Waals surface area contributed by atoms with E-state index in [4.69, 9.17) is 0 Å². The van der Waals surface area contributed by atoms with E-state index in [1.165, 1.54) is 0 Å². The van der Waals surface area contributed by atoms with Crippen LogP contribution >= 0.6 is 0 Å². The summed E-state index contributed by atoms with van der Waals surface area (Å²) in [5.74, 6) is -1.20. The fourth-order valence-corrected chi connectivity index (χ4v) is 2.51. The number of aryl methyl sites for hydroxylation is 1. The third kappa shape index (κ3) is 3.28. The number of rotatable bonds is 2. The average molecular weight is 271 g/mol. The Morgan fingerprint density at radius 2 is 1.84 bits per heavy atom. The summed E-state index contributed by atoms with van der Waals surface area (Å²) in [7, 11) is 0. The number of carbonyl (C=O) groups excluding carboxylic acids is 1. The lowest BCUT2D eigenvalue weighted by atomic mass is 9.95. The fourth-order valence-electron chi connectivity index (χ4n) is 2.51. The molecule has 0 N–H and O–H groups in total. The van der Waals surface area contributed by atoms with Crippen molar-refractivity contribution in [2.24, 2.45) is 5.92 Å². The summed E-state index contributed by atoms with van der Waals surface area (Å²) >= 11 is 0. The van der Waals surface area contributed by atoms with Crippen LogP contribution in [0, 0.1) is 12.8 Å². The van der Waals surface area contributed by atoms with Gasteiger partial charge < -0.3 is 4.90 Å². The highest BCUT2D eigenvalue weighted by Gasteiger charge is 2.41. The first-order valence-corrected chi connectivity index (χ1v) is 6.28. The monoisotopic (exact) mass is 271 g/mol. The van der Waals surface area contributed by atoms with E-state index in [0.29, 0.717) is 18.7 Å². The molecule has 1 fully saturated rings. The molecule has 1 aliphatic heterocycles. The predicted octanol–water partition coefficient (Wildman–Crippen LogP) is 3.59. The highest BCUT2D eigenvalue weighted by Crippen LogP contribution is 2.35. The largest absolute Gasteiger partial charge is 0.391 e. The number of halogens is 3. The van der Waals surface area contributed by atoms with E-state index in [1.807, 2.05) is 17.9 Å². The van der Waals surface area contributed by atoms with E-state index >= 15 is 0 Å². The Bertz CT molecular complexity index is 462. The van der Waals surface area contributed by atoms with Crippen LogP contribution < -0.4 is 4.90 Å². The zero-order valence-electron chi connectivity index (χ0n) is 10.7. The standard InChI is InChI=1S/C14H16F3NO/c1-10-6-11(9-19)8-13(7-10)18-4-2-12(3-5-18)14(15,16)17/h6-9,12H,2-5H2,1H3. The second kappa shape index (κ2) is 5.23. The molecular formula is C14H16F3NO. The average Bonchev–Trinajstić information content (AvgIpc) is 2.37. The molecule has 1 aromatic carbocycles. The van der Waals surface area contributed by atoms with Gasteiger partial charge in [-0.2, -0.15) is 13.2 Å². The molecule has 1 aliphatic rings. The lowest BCUT2D eigenvalue weighted by Gasteiger charge is -2.34. The van der Waals surface area contributed by atoms with Crippen LogP contribution in [0.2, 0.25) is 0 Å². The molecule has 0 aromatic heterocycles. The van der Waals surface area contributed by atoms with Gasteiger partial charge in [0.15, 0.2) is 0 Å². The minimum atomic E-state index is -4.09. The van der Waals surface area contributed by atoms with E-state index in [2.05, 4.69) is 0 Å². The zero-order valence-corrected chi connectivity index (χ0v) is 10.7. The van der Waals surface area contributed by atoms with Crippen molar-refractivity contribution in [1.29, 1.82) is 0 Å². The normalized spacial score (nSPS) is 17.6. The molecule has 104 valence electrons. The predicted molar refractivity (Wildman–Crippen MR) is 67.6 cm³/mol. The van der Waals surface area contributed by atoms with Crippen LogP contribution in [0.25, 0.3) is 0 Å². The third-order valence-electron chi connectivity index (χ3n) is 3.54. The van der Waals surface area contributed by atoms with Crippen molar-refractivity contribution in [3.8, 4) is 0 Å². The number of carbonyl (C=O) groups is 1. The van der Waals surface area contributed by atoms with Gasteiger partial charge in [-0.3, -0.25) is 4.79 Å². The molecule has 0 aliphatic carbocycles. The number of aldehydes is 1. The third-order valence-corrected chi connectivity index (χ3v) is 3.54. The van der Waals surface area contributed by atoms with Crippen molar-refractivity contribution < 1.29 is 18.0 Å². The van der Waals surface area contributed by atoms with Crippen molar-refractivity contribution in [2.75, 3.05) is 18.0 Å². The summed E-state index contributed by atoms with van der Waals surface area (Å²) in [6.45, 7) is 2.64. The molecular weight excluding hydrogens is 255 g/mol. The van der Waals surface area contributed by atoms with Crippen molar-refractivity contribution in [3.63, 3.8) is 0 Å². The number of nitrogens with zero attached hydrogens (tertiary/aromatic N) is 1. The van der Waals surface area contributed by atoms with Crippen LogP contribution in [0.1, 0.15) is 28.8 Å². The van der Waals surface area contributed by atoms with Crippen LogP contribution in [-0.4, -0.2) is 25.6 Å². The molecule has 0 bridgehead atoms. The Labute approximate surface area is 110 Å². The van der Waals surface area contributed by atoms with Gasteiger partial charge in [0.1, 0.15) is 6.29 Å². The lowest BCUT2D eigenvalue weighted by molar-refractivity contribution is -0.179. The van der Waals surface area contributed by atoms with Crippen LogP contribution in [0.4, 0.5) is 18.9 Å². The van der Waals surface area contributed by atoms with Gasteiger partial charge in [0.25, 0.3) is 0 Å². The Kier molecular flexibility index (Phi) is 3.83. The Hall–Kier alpha value is -1.52. The van der Waals surface area contributed by atoms with Gasteiger partial charge in [0.05, 0.1) is 5.92 Å². The van der Waals surface area contributed by atoms with Crippen molar-refractivity contribution in [1.82, 2.24) is 0 Å². The van der Waals surface area contributed by atoms with Crippen molar-refractivity contribution >= 4 is 12.0 Å². The van der Waals surface area contributed by atoms with Gasteiger partial charge in [-0.1, -0.05) is 0 Å². The summed E-state index contributed by atoms with van der Waals surface area (Å²) in [5, 5.41) is 0. The molecule has 0 saturated carbocycles. The maximum absolute atomic E-state index is 12.6. The van der Waals surface area contributed by atoms with Gasteiger partial charge in [0, 0.05) is 24.3 Å². The Morgan fingerprint density at radius 1 is 1.21 bits per heavy atom. The quantitative estimate of drug-likeness (QED) is 0.766. The molecule has 1 heterocycles. The Balaban J connectivity index is 2.09. The van der Waals surface area contributed by atoms with Crippen LogP contribution in [-0.2, 0) is 0 Å². The molecule has 5 heteroatoms. The number of hydrogen-bond acceptors (Lipinski definition) is 2. The van der Waals surface area contributed by atoms with Crippen molar-refractivity contribution in [3.05, 3.63) is 29.3 Å². The number of benzene rings is 1. The van der Waals surface area contributed by atoms with E-state index in [-0.39, 0.29) is 12.8 Å². The number of alkyl halides is 3. The van der Waals surface area contributed by atoms with E-state index < -0.39 is 12.1 Å². The maximum Gasteiger partial charge on any atom is 0.391 e. The summed E-state index contributed by atoms with van der Waals surface area (Å²) in [5.41, 5.74) is 2.34. The topological polar surface area (TPSA) is 20.3 Å². The number of anilines is 1. The number of piperidine rings is 1. The summed E-state index contributed by atoms with van der Waals surface area (Å²) in [4.78, 5) is 12.7. The lowest BCUT2D eigenvalue weighted by Crippen LogP contribution is -2.39. The highest BCUT2D eigenvalue weighted by atomic mass is 19.4. The van der Waals surface area contributed by atoms with E-state index in [9.17, 15) is 18.0 Å². The van der Waals surface area contributed by atoms with E-state index in [1.54, 1.807) is 12.1 Å². The molecule has 0 unspecified atom stereocenters.